The van der Waals surface area contributed by atoms with Gasteiger partial charge in [-0.2, -0.15) is 4.98 Å². The summed E-state index contributed by atoms with van der Waals surface area (Å²) in [5.74, 6) is 1.26. The number of anilines is 1. The molecule has 3 aromatic rings. The Morgan fingerprint density at radius 1 is 1.28 bits per heavy atom. The fourth-order valence-electron chi connectivity index (χ4n) is 3.41. The first-order valence-electron chi connectivity index (χ1n) is 9.04. The topological polar surface area (TPSA) is 80.0 Å². The molecule has 2 aromatic carbocycles. The number of fused-ring (bicyclic) bond motifs is 1. The Hall–Kier alpha value is -2.77. The SMILES string of the molecule is CC(=O)C1=C(C)Nc2nc(SCc3ccccc3Cl)nn2C1c1cccc(O)c1. The van der Waals surface area contributed by atoms with Gasteiger partial charge in [-0.15, -0.1) is 5.10 Å². The van der Waals surface area contributed by atoms with Crippen LogP contribution in [0.2, 0.25) is 5.02 Å². The summed E-state index contributed by atoms with van der Waals surface area (Å²) in [7, 11) is 0. The van der Waals surface area contributed by atoms with Crippen molar-refractivity contribution in [3.63, 3.8) is 0 Å². The lowest BCUT2D eigenvalue weighted by atomic mass is 9.93. The molecule has 0 fully saturated rings. The molecule has 1 aliphatic heterocycles. The minimum absolute atomic E-state index is 0.0604. The first-order chi connectivity index (χ1) is 13.9. The summed E-state index contributed by atoms with van der Waals surface area (Å²) in [5.41, 5.74) is 3.09. The first-order valence-corrected chi connectivity index (χ1v) is 10.4. The van der Waals surface area contributed by atoms with Crippen LogP contribution in [-0.4, -0.2) is 25.7 Å². The molecule has 4 rings (SSSR count). The number of aromatic hydroxyl groups is 1. The molecule has 6 nitrogen and oxygen atoms in total. The molecular weight excluding hydrogens is 408 g/mol. The molecule has 1 unspecified atom stereocenters. The fourth-order valence-corrected chi connectivity index (χ4v) is 4.52. The van der Waals surface area contributed by atoms with Crippen LogP contribution in [0.4, 0.5) is 5.95 Å². The number of phenols is 1. The highest BCUT2D eigenvalue weighted by molar-refractivity contribution is 7.98. The minimum Gasteiger partial charge on any atom is -0.508 e. The molecule has 2 heterocycles. The molecule has 0 saturated carbocycles. The number of Topliss-reactive ketones (excluding diaryl/α,β-unsaturated/α-hetero) is 1. The molecule has 148 valence electrons. The molecule has 1 aliphatic rings. The van der Waals surface area contributed by atoms with Crippen molar-refractivity contribution in [1.82, 2.24) is 14.8 Å². The second-order valence-electron chi connectivity index (χ2n) is 6.76. The van der Waals surface area contributed by atoms with Crippen molar-refractivity contribution in [3.8, 4) is 5.75 Å². The molecule has 1 atom stereocenters. The molecule has 2 N–H and O–H groups in total. The summed E-state index contributed by atoms with van der Waals surface area (Å²) in [4.78, 5) is 17.0. The summed E-state index contributed by atoms with van der Waals surface area (Å²) < 4.78 is 1.70. The Bertz CT molecular complexity index is 1130. The average Bonchev–Trinajstić information content (AvgIpc) is 3.08. The van der Waals surface area contributed by atoms with E-state index in [1.807, 2.05) is 37.3 Å². The van der Waals surface area contributed by atoms with Crippen LogP contribution in [-0.2, 0) is 10.5 Å². The van der Waals surface area contributed by atoms with Gasteiger partial charge in [0.15, 0.2) is 5.78 Å². The van der Waals surface area contributed by atoms with E-state index >= 15 is 0 Å². The van der Waals surface area contributed by atoms with Crippen molar-refractivity contribution in [3.05, 3.63) is 76.0 Å². The van der Waals surface area contributed by atoms with Crippen molar-refractivity contribution >= 4 is 35.1 Å². The lowest BCUT2D eigenvalue weighted by molar-refractivity contribution is -0.114. The van der Waals surface area contributed by atoms with Crippen molar-refractivity contribution < 1.29 is 9.90 Å². The second-order valence-corrected chi connectivity index (χ2v) is 8.11. The van der Waals surface area contributed by atoms with Crippen molar-refractivity contribution in [2.24, 2.45) is 0 Å². The third kappa shape index (κ3) is 3.88. The normalized spacial score (nSPS) is 15.8. The monoisotopic (exact) mass is 426 g/mol. The first kappa shape index (κ1) is 19.5. The van der Waals surface area contributed by atoms with E-state index in [1.165, 1.54) is 18.7 Å². The number of nitrogens with zero attached hydrogens (tertiary/aromatic N) is 3. The number of ketones is 1. The maximum atomic E-state index is 12.4. The third-order valence-electron chi connectivity index (χ3n) is 4.71. The summed E-state index contributed by atoms with van der Waals surface area (Å²) in [6.07, 6.45) is 0. The Labute approximate surface area is 177 Å². The number of allylic oxidation sites excluding steroid dienone is 2. The van der Waals surface area contributed by atoms with Gasteiger partial charge in [0.1, 0.15) is 11.8 Å². The molecule has 0 amide bonds. The van der Waals surface area contributed by atoms with Gasteiger partial charge in [-0.3, -0.25) is 4.79 Å². The van der Waals surface area contributed by atoms with E-state index in [-0.39, 0.29) is 11.5 Å². The summed E-state index contributed by atoms with van der Waals surface area (Å²) in [5, 5.41) is 19.1. The number of carbonyl (C=O) groups excluding carboxylic acids is 1. The van der Waals surface area contributed by atoms with Crippen LogP contribution in [0.3, 0.4) is 0 Å². The number of halogens is 1. The number of aromatic nitrogens is 3. The Balaban J connectivity index is 1.70. The Kier molecular flexibility index (Phi) is 5.34. The Morgan fingerprint density at radius 2 is 2.07 bits per heavy atom. The maximum Gasteiger partial charge on any atom is 0.227 e. The molecular formula is C21H19ClN4O2S. The van der Waals surface area contributed by atoms with E-state index in [0.717, 1.165) is 16.8 Å². The number of hydrogen-bond donors (Lipinski definition) is 2. The van der Waals surface area contributed by atoms with Gasteiger partial charge in [0, 0.05) is 22.0 Å². The summed E-state index contributed by atoms with van der Waals surface area (Å²) in [6, 6.07) is 14.1. The highest BCUT2D eigenvalue weighted by atomic mass is 35.5. The maximum absolute atomic E-state index is 12.4. The average molecular weight is 427 g/mol. The van der Waals surface area contributed by atoms with Gasteiger partial charge in [0.05, 0.1) is 0 Å². The van der Waals surface area contributed by atoms with E-state index in [4.69, 9.17) is 11.6 Å². The van der Waals surface area contributed by atoms with Gasteiger partial charge in [-0.1, -0.05) is 53.7 Å². The van der Waals surface area contributed by atoms with Gasteiger partial charge >= 0.3 is 0 Å². The smallest absolute Gasteiger partial charge is 0.227 e. The summed E-state index contributed by atoms with van der Waals surface area (Å²) >= 11 is 7.72. The van der Waals surface area contributed by atoms with Gasteiger partial charge in [-0.05, 0) is 43.2 Å². The zero-order chi connectivity index (χ0) is 20.5. The quantitative estimate of drug-likeness (QED) is 0.570. The Morgan fingerprint density at radius 3 is 2.79 bits per heavy atom. The highest BCUT2D eigenvalue weighted by Crippen LogP contribution is 2.37. The van der Waals surface area contributed by atoms with Gasteiger partial charge in [0.2, 0.25) is 11.1 Å². The van der Waals surface area contributed by atoms with Gasteiger partial charge in [0.25, 0.3) is 0 Å². The number of rotatable bonds is 5. The molecule has 0 bridgehead atoms. The van der Waals surface area contributed by atoms with Gasteiger partial charge in [-0.25, -0.2) is 4.68 Å². The van der Waals surface area contributed by atoms with Crippen LogP contribution < -0.4 is 5.32 Å². The largest absolute Gasteiger partial charge is 0.508 e. The van der Waals surface area contributed by atoms with E-state index in [2.05, 4.69) is 15.4 Å². The van der Waals surface area contributed by atoms with Crippen LogP contribution in [0.1, 0.15) is 31.0 Å². The van der Waals surface area contributed by atoms with Crippen molar-refractivity contribution in [2.75, 3.05) is 5.32 Å². The number of carbonyl (C=O) groups is 1. The lowest BCUT2D eigenvalue weighted by Gasteiger charge is -2.28. The van der Waals surface area contributed by atoms with Gasteiger partial charge < -0.3 is 10.4 Å². The number of nitrogens with one attached hydrogen (secondary N) is 1. The lowest BCUT2D eigenvalue weighted by Crippen LogP contribution is -2.27. The van der Waals surface area contributed by atoms with E-state index in [0.29, 0.717) is 27.5 Å². The predicted octanol–water partition coefficient (Wildman–Crippen LogP) is 4.81. The molecule has 0 spiro atoms. The molecule has 0 aliphatic carbocycles. The fraction of sp³-hybridized carbons (Fsp3) is 0.190. The molecule has 0 saturated heterocycles. The zero-order valence-electron chi connectivity index (χ0n) is 15.9. The van der Waals surface area contributed by atoms with E-state index < -0.39 is 6.04 Å². The van der Waals surface area contributed by atoms with Crippen LogP contribution in [0.5, 0.6) is 5.75 Å². The van der Waals surface area contributed by atoms with Crippen LogP contribution in [0, 0.1) is 0 Å². The standard InChI is InChI=1S/C21H19ClN4O2S/c1-12-18(13(2)27)19(14-7-5-8-16(28)10-14)26-20(23-12)24-21(25-26)29-11-15-6-3-4-9-17(15)22/h3-10,19,28H,11H2,1-2H3,(H,23,24,25). The predicted molar refractivity (Wildman–Crippen MR) is 114 cm³/mol. The van der Waals surface area contributed by atoms with Crippen LogP contribution in [0.25, 0.3) is 0 Å². The summed E-state index contributed by atoms with van der Waals surface area (Å²) in [6.45, 7) is 3.38. The minimum atomic E-state index is -0.460. The van der Waals surface area contributed by atoms with Crippen LogP contribution in [0.15, 0.2) is 65.0 Å². The number of thioether (sulfide) groups is 1. The molecule has 8 heteroatoms. The van der Waals surface area contributed by atoms with Crippen molar-refractivity contribution in [1.29, 1.82) is 0 Å². The number of hydrogen-bond acceptors (Lipinski definition) is 6. The second kappa shape index (κ2) is 7.93. The molecule has 1 aromatic heterocycles. The van der Waals surface area contributed by atoms with E-state index in [1.54, 1.807) is 22.9 Å². The van der Waals surface area contributed by atoms with Crippen LogP contribution >= 0.6 is 23.4 Å². The highest BCUT2D eigenvalue weighted by Gasteiger charge is 2.32. The number of phenolic OH excluding ortho intramolecular Hbond substituents is 1. The zero-order valence-corrected chi connectivity index (χ0v) is 17.5. The number of benzene rings is 2. The van der Waals surface area contributed by atoms with E-state index in [9.17, 15) is 9.90 Å². The molecule has 29 heavy (non-hydrogen) atoms. The molecule has 0 radical (unpaired) electrons. The van der Waals surface area contributed by atoms with Crippen molar-refractivity contribution in [2.45, 2.75) is 30.8 Å². The third-order valence-corrected chi connectivity index (χ3v) is 5.97.